The fraction of sp³-hybridized carbons (Fsp3) is 0.235. The largest absolute Gasteiger partial charge is 0.461 e. The Morgan fingerprint density at radius 3 is 2.85 bits per heavy atom. The molecule has 1 aliphatic rings. The molecule has 2 aromatic rings. The first-order chi connectivity index (χ1) is 9.66. The molecule has 0 saturated carbocycles. The average molecular weight is 267 g/mol. The lowest BCUT2D eigenvalue weighted by molar-refractivity contribution is 0.0471. The number of esters is 1. The van der Waals surface area contributed by atoms with E-state index in [0.717, 1.165) is 12.0 Å². The summed E-state index contributed by atoms with van der Waals surface area (Å²) in [6.45, 7) is 2.30. The molecule has 0 heterocycles. The van der Waals surface area contributed by atoms with Crippen molar-refractivity contribution < 1.29 is 9.53 Å². The summed E-state index contributed by atoms with van der Waals surface area (Å²) in [7, 11) is 0. The lowest BCUT2D eigenvalue weighted by Gasteiger charge is -2.29. The molecule has 2 aromatic carbocycles. The third kappa shape index (κ3) is 2.16. The maximum Gasteiger partial charge on any atom is 0.340 e. The van der Waals surface area contributed by atoms with E-state index in [1.165, 1.54) is 11.1 Å². The molecular weight excluding hydrogens is 250 g/mol. The minimum atomic E-state index is -0.337. The third-order valence-electron chi connectivity index (χ3n) is 3.92. The van der Waals surface area contributed by atoms with Crippen LogP contribution in [-0.4, -0.2) is 12.6 Å². The monoisotopic (exact) mass is 267 g/mol. The number of anilines is 1. The fourth-order valence-corrected chi connectivity index (χ4v) is 2.62. The molecule has 0 spiro atoms. The van der Waals surface area contributed by atoms with E-state index in [-0.39, 0.29) is 5.97 Å². The highest BCUT2D eigenvalue weighted by Crippen LogP contribution is 2.35. The summed E-state index contributed by atoms with van der Waals surface area (Å²) in [6, 6.07) is 13.7. The van der Waals surface area contributed by atoms with Crippen LogP contribution in [0, 0.1) is 6.92 Å². The maximum absolute atomic E-state index is 12.1. The molecule has 1 unspecified atom stereocenters. The predicted octanol–water partition coefficient (Wildman–Crippen LogP) is 3.07. The van der Waals surface area contributed by atoms with Gasteiger partial charge in [-0.25, -0.2) is 4.79 Å². The van der Waals surface area contributed by atoms with Crippen LogP contribution < -0.4 is 5.73 Å². The Balaban J connectivity index is 1.65. The molecule has 0 amide bonds. The summed E-state index contributed by atoms with van der Waals surface area (Å²) in [4.78, 5) is 12.1. The van der Waals surface area contributed by atoms with Crippen LogP contribution in [0.3, 0.4) is 0 Å². The number of hydrogen-bond acceptors (Lipinski definition) is 3. The Bertz CT molecular complexity index is 664. The van der Waals surface area contributed by atoms with Crippen molar-refractivity contribution in [2.75, 3.05) is 12.3 Å². The quantitative estimate of drug-likeness (QED) is 0.687. The van der Waals surface area contributed by atoms with E-state index in [1.54, 1.807) is 6.07 Å². The topological polar surface area (TPSA) is 52.3 Å². The predicted molar refractivity (Wildman–Crippen MR) is 78.8 cm³/mol. The highest BCUT2D eigenvalue weighted by Gasteiger charge is 2.27. The summed E-state index contributed by atoms with van der Waals surface area (Å²) in [5, 5.41) is 0. The molecule has 1 atom stereocenters. The molecular formula is C17H17NO2. The molecule has 1 aliphatic carbocycles. The number of aryl methyl sites for hydroxylation is 1. The van der Waals surface area contributed by atoms with Gasteiger partial charge < -0.3 is 10.5 Å². The minimum absolute atomic E-state index is 0.321. The first-order valence-corrected chi connectivity index (χ1v) is 6.77. The van der Waals surface area contributed by atoms with Gasteiger partial charge in [0.2, 0.25) is 0 Å². The summed E-state index contributed by atoms with van der Waals surface area (Å²) in [6.07, 6.45) is 0.979. The lowest BCUT2D eigenvalue weighted by Crippen LogP contribution is -2.23. The average Bonchev–Trinajstić information content (AvgIpc) is 2.42. The standard InChI is InChI=1S/C17H17NO2/c1-11-5-4-8-15(16(11)18)17(19)20-10-13-9-12-6-2-3-7-14(12)13/h2-8,13H,9-10,18H2,1H3. The van der Waals surface area contributed by atoms with E-state index in [2.05, 4.69) is 12.1 Å². The minimum Gasteiger partial charge on any atom is -0.461 e. The second-order valence-corrected chi connectivity index (χ2v) is 5.23. The van der Waals surface area contributed by atoms with E-state index in [0.29, 0.717) is 23.8 Å². The number of ether oxygens (including phenoxy) is 1. The first-order valence-electron chi connectivity index (χ1n) is 6.77. The van der Waals surface area contributed by atoms with Gasteiger partial charge in [-0.3, -0.25) is 0 Å². The highest BCUT2D eigenvalue weighted by atomic mass is 16.5. The molecule has 3 nitrogen and oxygen atoms in total. The van der Waals surface area contributed by atoms with Crippen LogP contribution >= 0.6 is 0 Å². The van der Waals surface area contributed by atoms with Crippen molar-refractivity contribution in [3.8, 4) is 0 Å². The number of hydrogen-bond donors (Lipinski definition) is 1. The molecule has 0 aromatic heterocycles. The summed E-state index contributed by atoms with van der Waals surface area (Å²) in [5.74, 6) is -0.0169. The SMILES string of the molecule is Cc1cccc(C(=O)OCC2Cc3ccccc32)c1N. The van der Waals surface area contributed by atoms with E-state index < -0.39 is 0 Å². The summed E-state index contributed by atoms with van der Waals surface area (Å²) in [5.41, 5.74) is 10.4. The zero-order valence-corrected chi connectivity index (χ0v) is 11.4. The Morgan fingerprint density at radius 2 is 2.05 bits per heavy atom. The molecule has 0 radical (unpaired) electrons. The maximum atomic E-state index is 12.1. The Hall–Kier alpha value is -2.29. The van der Waals surface area contributed by atoms with Gasteiger partial charge in [-0.1, -0.05) is 36.4 Å². The zero-order valence-electron chi connectivity index (χ0n) is 11.4. The molecule has 0 saturated heterocycles. The molecule has 2 N–H and O–H groups in total. The van der Waals surface area contributed by atoms with Crippen LogP contribution in [-0.2, 0) is 11.2 Å². The Kier molecular flexibility index (Phi) is 3.18. The van der Waals surface area contributed by atoms with Crippen LogP contribution in [0.4, 0.5) is 5.69 Å². The molecule has 0 fully saturated rings. The lowest BCUT2D eigenvalue weighted by atomic mass is 9.78. The Morgan fingerprint density at radius 1 is 1.25 bits per heavy atom. The molecule has 102 valence electrons. The van der Waals surface area contributed by atoms with Crippen LogP contribution in [0.5, 0.6) is 0 Å². The number of para-hydroxylation sites is 1. The van der Waals surface area contributed by atoms with Gasteiger partial charge in [0, 0.05) is 11.6 Å². The van der Waals surface area contributed by atoms with Crippen molar-refractivity contribution in [1.29, 1.82) is 0 Å². The van der Waals surface area contributed by atoms with Crippen LogP contribution in [0.15, 0.2) is 42.5 Å². The zero-order chi connectivity index (χ0) is 14.1. The van der Waals surface area contributed by atoms with E-state index in [9.17, 15) is 4.79 Å². The van der Waals surface area contributed by atoms with Crippen molar-refractivity contribution in [3.05, 3.63) is 64.7 Å². The molecule has 3 rings (SSSR count). The van der Waals surface area contributed by atoms with Gasteiger partial charge >= 0.3 is 5.97 Å². The van der Waals surface area contributed by atoms with Crippen LogP contribution in [0.1, 0.15) is 33.0 Å². The van der Waals surface area contributed by atoms with Crippen molar-refractivity contribution >= 4 is 11.7 Å². The number of fused-ring (bicyclic) bond motifs is 1. The van der Waals surface area contributed by atoms with Gasteiger partial charge in [-0.2, -0.15) is 0 Å². The highest BCUT2D eigenvalue weighted by molar-refractivity contribution is 5.95. The molecule has 0 aliphatic heterocycles. The number of carbonyl (C=O) groups is 1. The normalized spacial score (nSPS) is 16.1. The van der Waals surface area contributed by atoms with Crippen molar-refractivity contribution in [1.82, 2.24) is 0 Å². The van der Waals surface area contributed by atoms with Gasteiger partial charge in [0.15, 0.2) is 0 Å². The van der Waals surface area contributed by atoms with Crippen molar-refractivity contribution in [2.45, 2.75) is 19.3 Å². The van der Waals surface area contributed by atoms with E-state index >= 15 is 0 Å². The summed E-state index contributed by atoms with van der Waals surface area (Å²) >= 11 is 0. The summed E-state index contributed by atoms with van der Waals surface area (Å²) < 4.78 is 5.41. The molecule has 3 heteroatoms. The van der Waals surface area contributed by atoms with E-state index in [1.807, 2.05) is 31.2 Å². The van der Waals surface area contributed by atoms with E-state index in [4.69, 9.17) is 10.5 Å². The number of carbonyl (C=O) groups excluding carboxylic acids is 1. The number of benzene rings is 2. The first kappa shape index (κ1) is 12.7. The van der Waals surface area contributed by atoms with Gasteiger partial charge in [0.05, 0.1) is 12.2 Å². The van der Waals surface area contributed by atoms with Crippen LogP contribution in [0.25, 0.3) is 0 Å². The van der Waals surface area contributed by atoms with Crippen molar-refractivity contribution in [2.24, 2.45) is 0 Å². The molecule has 0 bridgehead atoms. The van der Waals surface area contributed by atoms with Gasteiger partial charge in [-0.05, 0) is 36.1 Å². The van der Waals surface area contributed by atoms with Crippen molar-refractivity contribution in [3.63, 3.8) is 0 Å². The van der Waals surface area contributed by atoms with Gasteiger partial charge in [0.1, 0.15) is 0 Å². The number of nitrogens with two attached hydrogens (primary N) is 1. The third-order valence-corrected chi connectivity index (χ3v) is 3.92. The number of rotatable bonds is 3. The molecule has 20 heavy (non-hydrogen) atoms. The Labute approximate surface area is 118 Å². The fourth-order valence-electron chi connectivity index (χ4n) is 2.62. The second-order valence-electron chi connectivity index (χ2n) is 5.23. The van der Waals surface area contributed by atoms with Gasteiger partial charge in [0.25, 0.3) is 0 Å². The van der Waals surface area contributed by atoms with Gasteiger partial charge in [-0.15, -0.1) is 0 Å². The second kappa shape index (κ2) is 5.00. The smallest absolute Gasteiger partial charge is 0.340 e. The number of nitrogen functional groups attached to an aromatic ring is 1. The van der Waals surface area contributed by atoms with Crippen LogP contribution in [0.2, 0.25) is 0 Å².